The van der Waals surface area contributed by atoms with E-state index in [1.165, 1.54) is 0 Å². The number of rotatable bonds is 5. The fourth-order valence-corrected chi connectivity index (χ4v) is 1.43. The molecule has 0 spiro atoms. The molecule has 1 atom stereocenters. The van der Waals surface area contributed by atoms with Crippen LogP contribution in [0.4, 0.5) is 0 Å². The number of hydrogen-bond acceptors (Lipinski definition) is 3. The molecule has 0 aliphatic carbocycles. The first kappa shape index (κ1) is 16.1. The molecule has 0 bridgehead atoms. The predicted octanol–water partition coefficient (Wildman–Crippen LogP) is 1.86. The molecule has 1 aliphatic rings. The van der Waals surface area contributed by atoms with Crippen LogP contribution in [0, 0.1) is 44.1 Å². The van der Waals surface area contributed by atoms with E-state index in [2.05, 4.69) is 6.08 Å². The van der Waals surface area contributed by atoms with Gasteiger partial charge in [0.1, 0.15) is 6.10 Å². The summed E-state index contributed by atoms with van der Waals surface area (Å²) in [4.78, 5) is 0. The molecular weight excluding hydrogens is 407 g/mol. The van der Waals surface area contributed by atoms with Gasteiger partial charge in [0.15, 0.2) is 5.79 Å². The van der Waals surface area contributed by atoms with E-state index in [-0.39, 0.29) is 56.8 Å². The molecule has 0 aromatic carbocycles. The standard InChI is InChI=1S/C11H20O3.Ac/c1-11(2)13-9-10(14-11)7-5-3-4-6-8-12;/h5,7,10,12H,3-4,6,8-9H2,1-2H3;. The molecule has 1 rings (SSSR count). The van der Waals surface area contributed by atoms with E-state index in [0.29, 0.717) is 6.61 Å². The van der Waals surface area contributed by atoms with Gasteiger partial charge in [-0.2, -0.15) is 0 Å². The Labute approximate surface area is 128 Å². The van der Waals surface area contributed by atoms with Crippen LogP contribution in [0.5, 0.6) is 0 Å². The molecule has 15 heavy (non-hydrogen) atoms. The monoisotopic (exact) mass is 427 g/mol. The zero-order chi connectivity index (χ0) is 10.4. The molecule has 0 saturated carbocycles. The minimum atomic E-state index is -0.430. The number of hydrogen-bond donors (Lipinski definition) is 1. The SMILES string of the molecule is CC1(C)OCC(C=CCCCCO)O1.[Ac]. The fraction of sp³-hybridized carbons (Fsp3) is 0.818. The van der Waals surface area contributed by atoms with Gasteiger partial charge in [-0.15, -0.1) is 0 Å². The summed E-state index contributed by atoms with van der Waals surface area (Å²) in [5.41, 5.74) is 0. The van der Waals surface area contributed by atoms with Crippen LogP contribution in [0.2, 0.25) is 0 Å². The van der Waals surface area contributed by atoms with Gasteiger partial charge >= 0.3 is 0 Å². The van der Waals surface area contributed by atoms with Crippen LogP contribution < -0.4 is 0 Å². The van der Waals surface area contributed by atoms with Crippen molar-refractivity contribution in [3.05, 3.63) is 12.2 Å². The zero-order valence-corrected chi connectivity index (χ0v) is 14.4. The van der Waals surface area contributed by atoms with Gasteiger partial charge in [-0.05, 0) is 33.1 Å². The third kappa shape index (κ3) is 7.07. The van der Waals surface area contributed by atoms with Crippen molar-refractivity contribution >= 4 is 0 Å². The summed E-state index contributed by atoms with van der Waals surface area (Å²) in [6.45, 7) is 4.77. The van der Waals surface area contributed by atoms with Gasteiger partial charge in [0.25, 0.3) is 0 Å². The summed E-state index contributed by atoms with van der Waals surface area (Å²) in [5.74, 6) is -0.430. The first-order chi connectivity index (χ1) is 6.64. The maximum absolute atomic E-state index is 8.58. The second-order valence-electron chi connectivity index (χ2n) is 4.01. The minimum absolute atomic E-state index is 0. The van der Waals surface area contributed by atoms with Crippen molar-refractivity contribution in [2.45, 2.75) is 45.0 Å². The number of aliphatic hydroxyl groups excluding tert-OH is 1. The van der Waals surface area contributed by atoms with Crippen molar-refractivity contribution in [1.82, 2.24) is 0 Å². The molecule has 85 valence electrons. The molecule has 1 aliphatic heterocycles. The molecular formula is C11H20AcO3. The first-order valence-electron chi connectivity index (χ1n) is 5.23. The summed E-state index contributed by atoms with van der Waals surface area (Å²) in [6.07, 6.45) is 7.15. The molecule has 1 saturated heterocycles. The Morgan fingerprint density at radius 3 is 2.67 bits per heavy atom. The van der Waals surface area contributed by atoms with Gasteiger partial charge in [0.05, 0.1) is 6.61 Å². The zero-order valence-electron chi connectivity index (χ0n) is 9.61. The Morgan fingerprint density at radius 2 is 2.13 bits per heavy atom. The Morgan fingerprint density at radius 1 is 1.40 bits per heavy atom. The number of aliphatic hydroxyl groups is 1. The van der Waals surface area contributed by atoms with Crippen molar-refractivity contribution < 1.29 is 58.6 Å². The first-order valence-corrected chi connectivity index (χ1v) is 5.23. The second-order valence-corrected chi connectivity index (χ2v) is 4.01. The molecule has 4 heteroatoms. The van der Waals surface area contributed by atoms with E-state index in [1.807, 2.05) is 19.9 Å². The fourth-order valence-electron chi connectivity index (χ4n) is 1.43. The average Bonchev–Trinajstić information content (AvgIpc) is 2.45. The Balaban J connectivity index is 0.00000196. The van der Waals surface area contributed by atoms with Crippen molar-refractivity contribution in [2.24, 2.45) is 0 Å². The van der Waals surface area contributed by atoms with Gasteiger partial charge in [-0.1, -0.05) is 12.2 Å². The Hall–Kier alpha value is 1.06. The molecule has 0 aromatic rings. The molecule has 3 nitrogen and oxygen atoms in total. The molecule has 1 heterocycles. The van der Waals surface area contributed by atoms with Crippen LogP contribution in [0.15, 0.2) is 12.2 Å². The van der Waals surface area contributed by atoms with E-state index in [4.69, 9.17) is 14.6 Å². The van der Waals surface area contributed by atoms with Crippen LogP contribution in [0.3, 0.4) is 0 Å². The maximum Gasteiger partial charge on any atom is 0.163 e. The van der Waals surface area contributed by atoms with E-state index in [9.17, 15) is 0 Å². The van der Waals surface area contributed by atoms with Crippen molar-refractivity contribution in [2.75, 3.05) is 13.2 Å². The smallest absolute Gasteiger partial charge is 0.163 e. The van der Waals surface area contributed by atoms with E-state index >= 15 is 0 Å². The predicted molar refractivity (Wildman–Crippen MR) is 55.0 cm³/mol. The van der Waals surface area contributed by atoms with Crippen molar-refractivity contribution in [1.29, 1.82) is 0 Å². The summed E-state index contributed by atoms with van der Waals surface area (Å²) < 4.78 is 11.0. The summed E-state index contributed by atoms with van der Waals surface area (Å²) >= 11 is 0. The topological polar surface area (TPSA) is 38.7 Å². The Kier molecular flexibility index (Phi) is 8.78. The van der Waals surface area contributed by atoms with Crippen molar-refractivity contribution in [3.8, 4) is 0 Å². The number of ether oxygens (including phenoxy) is 2. The summed E-state index contributed by atoms with van der Waals surface area (Å²) in [5, 5.41) is 8.58. The second kappa shape index (κ2) is 8.20. The van der Waals surface area contributed by atoms with Gasteiger partial charge in [0, 0.05) is 50.7 Å². The van der Waals surface area contributed by atoms with Crippen LogP contribution >= 0.6 is 0 Å². The van der Waals surface area contributed by atoms with Gasteiger partial charge in [-0.3, -0.25) is 0 Å². The molecule has 1 unspecified atom stereocenters. The number of allylic oxidation sites excluding steroid dienone is 1. The van der Waals surface area contributed by atoms with Crippen LogP contribution in [-0.2, 0) is 9.47 Å². The largest absolute Gasteiger partial charge is 0.396 e. The summed E-state index contributed by atoms with van der Waals surface area (Å²) in [7, 11) is 0. The quantitative estimate of drug-likeness (QED) is 0.538. The van der Waals surface area contributed by atoms with Crippen LogP contribution in [0.25, 0.3) is 0 Å². The summed E-state index contributed by atoms with van der Waals surface area (Å²) in [6, 6.07) is 0. The molecule has 0 aromatic heterocycles. The van der Waals surface area contributed by atoms with Crippen LogP contribution in [0.1, 0.15) is 33.1 Å². The van der Waals surface area contributed by atoms with E-state index in [0.717, 1.165) is 19.3 Å². The third-order valence-electron chi connectivity index (χ3n) is 2.16. The molecule has 1 fully saturated rings. The number of unbranched alkanes of at least 4 members (excludes halogenated alkanes) is 2. The average molecular weight is 427 g/mol. The maximum atomic E-state index is 8.58. The van der Waals surface area contributed by atoms with Gasteiger partial charge in [-0.25, -0.2) is 0 Å². The molecule has 1 N–H and O–H groups in total. The normalized spacial score (nSPS) is 24.3. The minimum Gasteiger partial charge on any atom is -0.396 e. The van der Waals surface area contributed by atoms with Gasteiger partial charge in [0.2, 0.25) is 0 Å². The van der Waals surface area contributed by atoms with Crippen molar-refractivity contribution in [3.63, 3.8) is 0 Å². The Bertz CT molecular complexity index is 192. The van der Waals surface area contributed by atoms with E-state index in [1.54, 1.807) is 0 Å². The molecule has 0 amide bonds. The molecule has 1 radical (unpaired) electrons. The van der Waals surface area contributed by atoms with Gasteiger partial charge < -0.3 is 14.6 Å². The third-order valence-corrected chi connectivity index (χ3v) is 2.16. The van der Waals surface area contributed by atoms with Crippen LogP contribution in [-0.4, -0.2) is 30.2 Å². The van der Waals surface area contributed by atoms with E-state index < -0.39 is 5.79 Å².